The number of hydrogen-bond donors (Lipinski definition) is 1. The van der Waals surface area contributed by atoms with Crippen LogP contribution in [-0.2, 0) is 11.8 Å². The van der Waals surface area contributed by atoms with Gasteiger partial charge in [0.1, 0.15) is 0 Å². The summed E-state index contributed by atoms with van der Waals surface area (Å²) in [6.07, 6.45) is 0. The van der Waals surface area contributed by atoms with Crippen molar-refractivity contribution >= 4 is 49.6 Å². The summed E-state index contributed by atoms with van der Waals surface area (Å²) < 4.78 is 3.42. The van der Waals surface area contributed by atoms with Gasteiger partial charge in [0.2, 0.25) is 0 Å². The van der Waals surface area contributed by atoms with E-state index in [-0.39, 0.29) is 5.75 Å². The number of nitrogens with zero attached hydrogens (tertiary/aromatic N) is 3. The second-order valence-corrected chi connectivity index (χ2v) is 6.36. The Balaban J connectivity index is 2.31. The summed E-state index contributed by atoms with van der Waals surface area (Å²) in [5.74, 6) is -0.345. The maximum atomic E-state index is 10.6. The van der Waals surface area contributed by atoms with E-state index in [0.717, 1.165) is 26.3 Å². The second-order valence-electron chi connectivity index (χ2n) is 3.65. The van der Waals surface area contributed by atoms with Crippen LogP contribution in [0.3, 0.4) is 0 Å². The van der Waals surface area contributed by atoms with Gasteiger partial charge in [0.15, 0.2) is 11.0 Å². The molecule has 0 saturated heterocycles. The lowest BCUT2D eigenvalue weighted by atomic mass is 10.2. The molecular weight excluding hydrogens is 398 g/mol. The van der Waals surface area contributed by atoms with Gasteiger partial charge in [0.05, 0.1) is 5.75 Å². The van der Waals surface area contributed by atoms with Crippen LogP contribution in [0.5, 0.6) is 0 Å². The summed E-state index contributed by atoms with van der Waals surface area (Å²) in [6.45, 7) is 0. The zero-order valence-corrected chi connectivity index (χ0v) is 13.8. The molecule has 8 heteroatoms. The summed E-state index contributed by atoms with van der Waals surface area (Å²) in [5.41, 5.74) is 0.862. The summed E-state index contributed by atoms with van der Waals surface area (Å²) >= 11 is 7.99. The molecule has 0 atom stereocenters. The summed E-state index contributed by atoms with van der Waals surface area (Å²) in [4.78, 5) is 14.9. The third-order valence-corrected chi connectivity index (χ3v) is 4.37. The molecule has 1 heterocycles. The van der Waals surface area contributed by atoms with Gasteiger partial charge >= 0.3 is 5.97 Å². The number of carboxylic acids is 1. The quantitative estimate of drug-likeness (QED) is 0.789. The molecule has 0 radical (unpaired) electrons. The topological polar surface area (TPSA) is 68.0 Å². The van der Waals surface area contributed by atoms with E-state index in [9.17, 15) is 4.79 Å². The van der Waals surface area contributed by atoms with Gasteiger partial charge in [0.25, 0.3) is 0 Å². The summed E-state index contributed by atoms with van der Waals surface area (Å²) in [5, 5.41) is 13.5. The van der Waals surface area contributed by atoms with Crippen LogP contribution in [0, 0.1) is 0 Å². The molecule has 100 valence electrons. The smallest absolute Gasteiger partial charge is 0.313 e. The first kappa shape index (κ1) is 14.5. The van der Waals surface area contributed by atoms with Crippen LogP contribution < -0.4 is 0 Å². The Labute approximate surface area is 130 Å². The van der Waals surface area contributed by atoms with E-state index in [1.807, 2.05) is 18.2 Å². The molecule has 1 aromatic carbocycles. The molecule has 5 nitrogen and oxygen atoms in total. The van der Waals surface area contributed by atoms with E-state index in [0.29, 0.717) is 11.0 Å². The van der Waals surface area contributed by atoms with E-state index in [2.05, 4.69) is 41.9 Å². The number of rotatable bonds is 4. The van der Waals surface area contributed by atoms with Crippen molar-refractivity contribution < 1.29 is 9.90 Å². The molecule has 0 aliphatic heterocycles. The minimum atomic E-state index is -0.876. The molecule has 0 saturated carbocycles. The fourth-order valence-electron chi connectivity index (χ4n) is 1.41. The largest absolute Gasteiger partial charge is 0.481 e. The highest BCUT2D eigenvalue weighted by atomic mass is 79.9. The van der Waals surface area contributed by atoms with E-state index in [1.54, 1.807) is 11.7 Å². The fraction of sp³-hybridized carbons (Fsp3) is 0.182. The minimum Gasteiger partial charge on any atom is -0.481 e. The molecule has 0 bridgehead atoms. The number of hydrogen-bond acceptors (Lipinski definition) is 4. The molecule has 0 fully saturated rings. The Morgan fingerprint density at radius 3 is 2.84 bits per heavy atom. The molecule has 0 aliphatic rings. The highest BCUT2D eigenvalue weighted by Crippen LogP contribution is 2.30. The van der Waals surface area contributed by atoms with Gasteiger partial charge in [-0.3, -0.25) is 4.79 Å². The number of aliphatic carboxylic acids is 1. The molecular formula is C11H9Br2N3O2S. The molecule has 1 N–H and O–H groups in total. The summed E-state index contributed by atoms with van der Waals surface area (Å²) in [6, 6.07) is 5.71. The minimum absolute atomic E-state index is 0.0342. The Hall–Kier alpha value is -0.860. The van der Waals surface area contributed by atoms with Crippen LogP contribution in [0.4, 0.5) is 0 Å². The van der Waals surface area contributed by atoms with Gasteiger partial charge in [-0.15, -0.1) is 0 Å². The molecule has 19 heavy (non-hydrogen) atoms. The lowest BCUT2D eigenvalue weighted by molar-refractivity contribution is -0.133. The molecule has 0 unspecified atom stereocenters. The van der Waals surface area contributed by atoms with Crippen LogP contribution in [0.1, 0.15) is 0 Å². The van der Waals surface area contributed by atoms with Gasteiger partial charge in [-0.05, 0) is 34.1 Å². The zero-order valence-electron chi connectivity index (χ0n) is 9.80. The van der Waals surface area contributed by atoms with Crippen molar-refractivity contribution in [2.75, 3.05) is 5.75 Å². The first-order chi connectivity index (χ1) is 8.97. The highest BCUT2D eigenvalue weighted by Gasteiger charge is 2.13. The number of carbonyl (C=O) groups is 1. The number of halogens is 2. The second kappa shape index (κ2) is 6.06. The monoisotopic (exact) mass is 405 g/mol. The maximum absolute atomic E-state index is 10.6. The number of carboxylic acid groups (broad SMARTS) is 1. The van der Waals surface area contributed by atoms with Crippen LogP contribution in [0.15, 0.2) is 32.3 Å². The first-order valence-electron chi connectivity index (χ1n) is 5.18. The van der Waals surface area contributed by atoms with Crippen LogP contribution in [-0.4, -0.2) is 31.6 Å². The third-order valence-electron chi connectivity index (χ3n) is 2.22. The number of thioether (sulfide) groups is 1. The average molecular weight is 407 g/mol. The van der Waals surface area contributed by atoms with E-state index in [4.69, 9.17) is 5.11 Å². The van der Waals surface area contributed by atoms with Gasteiger partial charge in [0, 0.05) is 21.6 Å². The molecule has 1 aromatic heterocycles. The van der Waals surface area contributed by atoms with Gasteiger partial charge in [-0.1, -0.05) is 27.7 Å². The number of aryl methyl sites for hydroxylation is 1. The number of aromatic nitrogens is 3. The Bertz CT molecular complexity index is 630. The predicted octanol–water partition coefficient (Wildman–Crippen LogP) is 3.18. The van der Waals surface area contributed by atoms with Crippen molar-refractivity contribution in [2.45, 2.75) is 5.16 Å². The van der Waals surface area contributed by atoms with E-state index in [1.165, 1.54) is 0 Å². The van der Waals surface area contributed by atoms with Crippen LogP contribution >= 0.6 is 43.6 Å². The molecule has 2 rings (SSSR count). The van der Waals surface area contributed by atoms with Crippen molar-refractivity contribution in [2.24, 2.45) is 7.05 Å². The lowest BCUT2D eigenvalue weighted by Crippen LogP contribution is -2.00. The zero-order chi connectivity index (χ0) is 14.0. The SMILES string of the molecule is Cn1nc(-c2ccc(Br)cc2Br)nc1SCC(=O)O. The summed E-state index contributed by atoms with van der Waals surface area (Å²) in [7, 11) is 1.74. The third kappa shape index (κ3) is 3.58. The van der Waals surface area contributed by atoms with E-state index < -0.39 is 5.97 Å². The van der Waals surface area contributed by atoms with E-state index >= 15 is 0 Å². The molecule has 2 aromatic rings. The van der Waals surface area contributed by atoms with Crippen LogP contribution in [0.2, 0.25) is 0 Å². The fourth-order valence-corrected chi connectivity index (χ4v) is 3.26. The maximum Gasteiger partial charge on any atom is 0.313 e. The number of benzene rings is 1. The first-order valence-corrected chi connectivity index (χ1v) is 7.75. The highest BCUT2D eigenvalue weighted by molar-refractivity contribution is 9.11. The van der Waals surface area contributed by atoms with Gasteiger partial charge in [-0.2, -0.15) is 5.10 Å². The van der Waals surface area contributed by atoms with Crippen molar-refractivity contribution in [1.82, 2.24) is 14.8 Å². The Kier molecular flexibility index (Phi) is 4.64. The van der Waals surface area contributed by atoms with Gasteiger partial charge in [-0.25, -0.2) is 9.67 Å². The van der Waals surface area contributed by atoms with Crippen molar-refractivity contribution in [3.8, 4) is 11.4 Å². The average Bonchev–Trinajstić information content (AvgIpc) is 2.67. The normalized spacial score (nSPS) is 10.7. The molecule has 0 amide bonds. The standard InChI is InChI=1S/C11H9Br2N3O2S/c1-16-11(19-5-9(17)18)14-10(15-16)7-3-2-6(12)4-8(7)13/h2-4H,5H2,1H3,(H,17,18). The van der Waals surface area contributed by atoms with Crippen molar-refractivity contribution in [3.63, 3.8) is 0 Å². The lowest BCUT2D eigenvalue weighted by Gasteiger charge is -1.99. The van der Waals surface area contributed by atoms with Gasteiger partial charge < -0.3 is 5.11 Å². The van der Waals surface area contributed by atoms with Crippen molar-refractivity contribution in [3.05, 3.63) is 27.1 Å². The molecule has 0 aliphatic carbocycles. The molecule has 0 spiro atoms. The Morgan fingerprint density at radius 1 is 1.47 bits per heavy atom. The predicted molar refractivity (Wildman–Crippen MR) is 80.2 cm³/mol. The van der Waals surface area contributed by atoms with Crippen LogP contribution in [0.25, 0.3) is 11.4 Å². The van der Waals surface area contributed by atoms with Crippen molar-refractivity contribution in [1.29, 1.82) is 0 Å². The Morgan fingerprint density at radius 2 is 2.21 bits per heavy atom.